The molecule has 2 rings (SSSR count). The minimum absolute atomic E-state index is 0.0788. The summed E-state index contributed by atoms with van der Waals surface area (Å²) in [6.45, 7) is 5.69. The largest absolute Gasteiger partial charge is 0.466 e. The molecule has 2 fully saturated rings. The smallest absolute Gasteiger partial charge is 0.310 e. The molecule has 0 aromatic rings. The second kappa shape index (κ2) is 6.37. The number of rotatable bonds is 5. The molecule has 1 heterocycles. The maximum atomic E-state index is 12.0. The molecule has 0 radical (unpaired) electrons. The van der Waals surface area contributed by atoms with Crippen LogP contribution in [0.1, 0.15) is 39.5 Å². The Morgan fingerprint density at radius 1 is 1.37 bits per heavy atom. The summed E-state index contributed by atoms with van der Waals surface area (Å²) in [5.41, 5.74) is 0. The highest BCUT2D eigenvalue weighted by atomic mass is 16.5. The minimum atomic E-state index is -0.155. The van der Waals surface area contributed by atoms with E-state index in [0.29, 0.717) is 19.2 Å². The van der Waals surface area contributed by atoms with Crippen molar-refractivity contribution in [3.05, 3.63) is 0 Å². The lowest BCUT2D eigenvalue weighted by atomic mass is 9.97. The summed E-state index contributed by atoms with van der Waals surface area (Å²) in [6, 6.07) is 0.235. The highest BCUT2D eigenvalue weighted by Gasteiger charge is 2.33. The van der Waals surface area contributed by atoms with Crippen LogP contribution in [0, 0.1) is 5.92 Å². The molecule has 1 N–H and O–H groups in total. The summed E-state index contributed by atoms with van der Waals surface area (Å²) in [7, 11) is 0. The number of carbonyl (C=O) groups is 2. The number of carbonyl (C=O) groups excluding carboxylic acids is 2. The Morgan fingerprint density at radius 3 is 2.74 bits per heavy atom. The maximum absolute atomic E-state index is 12.0. The van der Waals surface area contributed by atoms with Gasteiger partial charge in [0.1, 0.15) is 0 Å². The highest BCUT2D eigenvalue weighted by Crippen LogP contribution is 2.22. The van der Waals surface area contributed by atoms with Crippen LogP contribution in [-0.4, -0.2) is 48.6 Å². The predicted octanol–water partition coefficient (Wildman–Crippen LogP) is 0.929. The van der Waals surface area contributed by atoms with Gasteiger partial charge < -0.3 is 10.1 Å². The molecule has 5 nitrogen and oxygen atoms in total. The van der Waals surface area contributed by atoms with Crippen LogP contribution < -0.4 is 5.32 Å². The SMILES string of the molecule is CCOC(=O)[C@@H]1CCCN(C(C)C(=O)NC2CC2)C1. The van der Waals surface area contributed by atoms with Gasteiger partial charge in [0, 0.05) is 12.6 Å². The average molecular weight is 268 g/mol. The molecule has 1 saturated heterocycles. The number of esters is 1. The summed E-state index contributed by atoms with van der Waals surface area (Å²) in [4.78, 5) is 25.9. The molecule has 0 bridgehead atoms. The number of ether oxygens (including phenoxy) is 1. The van der Waals surface area contributed by atoms with Crippen LogP contribution in [0.3, 0.4) is 0 Å². The normalized spacial score (nSPS) is 25.7. The molecule has 0 spiro atoms. The number of piperidine rings is 1. The van der Waals surface area contributed by atoms with Gasteiger partial charge in [-0.25, -0.2) is 0 Å². The summed E-state index contributed by atoms with van der Waals surface area (Å²) >= 11 is 0. The Hall–Kier alpha value is -1.10. The first kappa shape index (κ1) is 14.3. The summed E-state index contributed by atoms with van der Waals surface area (Å²) in [6.07, 6.45) is 4.02. The molecule has 19 heavy (non-hydrogen) atoms. The van der Waals surface area contributed by atoms with Gasteiger partial charge in [-0.1, -0.05) is 0 Å². The van der Waals surface area contributed by atoms with Crippen molar-refractivity contribution in [3.8, 4) is 0 Å². The highest BCUT2D eigenvalue weighted by molar-refractivity contribution is 5.82. The molecular weight excluding hydrogens is 244 g/mol. The zero-order valence-electron chi connectivity index (χ0n) is 11.9. The van der Waals surface area contributed by atoms with E-state index in [1.54, 1.807) is 0 Å². The summed E-state index contributed by atoms with van der Waals surface area (Å²) in [5.74, 6) is -0.112. The third-order valence-corrected chi connectivity index (χ3v) is 3.92. The third kappa shape index (κ3) is 3.93. The van der Waals surface area contributed by atoms with Gasteiger partial charge in [0.05, 0.1) is 18.6 Å². The Bertz CT molecular complexity index is 342. The van der Waals surface area contributed by atoms with Crippen molar-refractivity contribution >= 4 is 11.9 Å². The fourth-order valence-electron chi connectivity index (χ4n) is 2.53. The third-order valence-electron chi connectivity index (χ3n) is 3.92. The van der Waals surface area contributed by atoms with E-state index in [0.717, 1.165) is 32.2 Å². The van der Waals surface area contributed by atoms with E-state index in [2.05, 4.69) is 10.2 Å². The van der Waals surface area contributed by atoms with Crippen molar-refractivity contribution in [2.75, 3.05) is 19.7 Å². The van der Waals surface area contributed by atoms with Crippen LogP contribution in [0.4, 0.5) is 0 Å². The van der Waals surface area contributed by atoms with E-state index in [1.165, 1.54) is 0 Å². The van der Waals surface area contributed by atoms with Crippen molar-refractivity contribution in [2.24, 2.45) is 5.92 Å². The molecule has 1 aliphatic carbocycles. The Labute approximate surface area is 114 Å². The van der Waals surface area contributed by atoms with Crippen LogP contribution in [-0.2, 0) is 14.3 Å². The van der Waals surface area contributed by atoms with E-state index in [4.69, 9.17) is 4.74 Å². The standard InChI is InChI=1S/C14H24N2O3/c1-3-19-14(18)11-5-4-8-16(9-11)10(2)13(17)15-12-6-7-12/h10-12H,3-9H2,1-2H3,(H,15,17)/t10?,11-/m1/s1. The minimum Gasteiger partial charge on any atom is -0.466 e. The maximum Gasteiger partial charge on any atom is 0.310 e. The predicted molar refractivity (Wildman–Crippen MR) is 71.6 cm³/mol. The van der Waals surface area contributed by atoms with Gasteiger partial charge >= 0.3 is 5.97 Å². The molecule has 1 aliphatic heterocycles. The molecule has 108 valence electrons. The Kier molecular flexibility index (Phi) is 4.80. The quantitative estimate of drug-likeness (QED) is 0.754. The lowest BCUT2D eigenvalue weighted by Gasteiger charge is -2.35. The number of amides is 1. The molecule has 0 aromatic heterocycles. The molecule has 2 atom stereocenters. The molecule has 1 amide bonds. The lowest BCUT2D eigenvalue weighted by molar-refractivity contribution is -0.151. The van der Waals surface area contributed by atoms with Crippen LogP contribution in [0.25, 0.3) is 0 Å². The molecule has 1 saturated carbocycles. The molecule has 1 unspecified atom stereocenters. The van der Waals surface area contributed by atoms with Crippen molar-refractivity contribution in [1.82, 2.24) is 10.2 Å². The van der Waals surface area contributed by atoms with Gasteiger partial charge in [0.15, 0.2) is 0 Å². The molecule has 2 aliphatic rings. The number of hydrogen-bond acceptors (Lipinski definition) is 4. The lowest BCUT2D eigenvalue weighted by Crippen LogP contribution is -2.50. The van der Waals surface area contributed by atoms with Crippen molar-refractivity contribution in [2.45, 2.75) is 51.6 Å². The van der Waals surface area contributed by atoms with Gasteiger partial charge in [-0.05, 0) is 46.1 Å². The molecule has 0 aromatic carbocycles. The Balaban J connectivity index is 1.84. The fraction of sp³-hybridized carbons (Fsp3) is 0.857. The summed E-state index contributed by atoms with van der Waals surface area (Å²) in [5, 5.41) is 3.02. The number of nitrogens with one attached hydrogen (secondary N) is 1. The van der Waals surface area contributed by atoms with Crippen molar-refractivity contribution < 1.29 is 14.3 Å². The van der Waals surface area contributed by atoms with E-state index in [9.17, 15) is 9.59 Å². The second-order valence-electron chi connectivity index (χ2n) is 5.54. The molecular formula is C14H24N2O3. The fourth-order valence-corrected chi connectivity index (χ4v) is 2.53. The first-order valence-electron chi connectivity index (χ1n) is 7.33. The van der Waals surface area contributed by atoms with Gasteiger partial charge in [-0.15, -0.1) is 0 Å². The van der Waals surface area contributed by atoms with Gasteiger partial charge in [0.2, 0.25) is 5.91 Å². The number of hydrogen-bond donors (Lipinski definition) is 1. The monoisotopic (exact) mass is 268 g/mol. The van der Waals surface area contributed by atoms with Crippen LogP contribution in [0.5, 0.6) is 0 Å². The molecule has 5 heteroatoms. The van der Waals surface area contributed by atoms with Gasteiger partial charge in [-0.3, -0.25) is 14.5 Å². The van der Waals surface area contributed by atoms with Gasteiger partial charge in [-0.2, -0.15) is 0 Å². The van der Waals surface area contributed by atoms with Gasteiger partial charge in [0.25, 0.3) is 0 Å². The number of nitrogens with zero attached hydrogens (tertiary/aromatic N) is 1. The second-order valence-corrected chi connectivity index (χ2v) is 5.54. The zero-order chi connectivity index (χ0) is 13.8. The first-order chi connectivity index (χ1) is 9.11. The Morgan fingerprint density at radius 2 is 2.11 bits per heavy atom. The van der Waals surface area contributed by atoms with Crippen LogP contribution in [0.2, 0.25) is 0 Å². The van der Waals surface area contributed by atoms with Crippen molar-refractivity contribution in [1.29, 1.82) is 0 Å². The average Bonchev–Trinajstić information content (AvgIpc) is 3.22. The van der Waals surface area contributed by atoms with Crippen molar-refractivity contribution in [3.63, 3.8) is 0 Å². The van der Waals surface area contributed by atoms with Crippen LogP contribution in [0.15, 0.2) is 0 Å². The van der Waals surface area contributed by atoms with E-state index >= 15 is 0 Å². The first-order valence-corrected chi connectivity index (χ1v) is 7.33. The summed E-state index contributed by atoms with van der Waals surface area (Å²) < 4.78 is 5.08. The van der Waals surface area contributed by atoms with E-state index in [-0.39, 0.29) is 23.8 Å². The van der Waals surface area contributed by atoms with E-state index in [1.807, 2.05) is 13.8 Å². The zero-order valence-corrected chi connectivity index (χ0v) is 11.9. The topological polar surface area (TPSA) is 58.6 Å². The number of likely N-dealkylation sites (tertiary alicyclic amines) is 1. The van der Waals surface area contributed by atoms with E-state index < -0.39 is 0 Å². The van der Waals surface area contributed by atoms with Crippen LogP contribution >= 0.6 is 0 Å².